The number of fused-ring (bicyclic) bond motifs is 1. The summed E-state index contributed by atoms with van der Waals surface area (Å²) in [7, 11) is 0. The first kappa shape index (κ1) is 15.1. The summed E-state index contributed by atoms with van der Waals surface area (Å²) < 4.78 is 0. The number of hydrogen-bond donors (Lipinski definition) is 1. The molecule has 0 saturated carbocycles. The van der Waals surface area contributed by atoms with E-state index in [4.69, 9.17) is 0 Å². The molecule has 1 saturated heterocycles. The normalized spacial score (nSPS) is 20.6. The van der Waals surface area contributed by atoms with Crippen molar-refractivity contribution in [1.29, 1.82) is 0 Å². The number of anilines is 1. The zero-order chi connectivity index (χ0) is 15.7. The van der Waals surface area contributed by atoms with Gasteiger partial charge >= 0.3 is 0 Å². The number of thioether (sulfide) groups is 1. The van der Waals surface area contributed by atoms with Crippen molar-refractivity contribution in [2.45, 2.75) is 31.9 Å². The van der Waals surface area contributed by atoms with Crippen molar-refractivity contribution >= 4 is 34.4 Å². The van der Waals surface area contributed by atoms with Gasteiger partial charge in [0, 0.05) is 25.2 Å². The summed E-state index contributed by atoms with van der Waals surface area (Å²) in [6, 6.07) is 5.90. The Balaban J connectivity index is 1.64. The van der Waals surface area contributed by atoms with Crippen molar-refractivity contribution in [2.75, 3.05) is 18.4 Å². The lowest BCUT2D eigenvalue weighted by Crippen LogP contribution is -2.36. The Morgan fingerprint density at radius 2 is 2.27 bits per heavy atom. The van der Waals surface area contributed by atoms with Crippen LogP contribution in [0.2, 0.25) is 0 Å². The lowest BCUT2D eigenvalue weighted by molar-refractivity contribution is -0.128. The van der Waals surface area contributed by atoms with E-state index in [0.717, 1.165) is 41.5 Å². The largest absolute Gasteiger partial charge is 0.326 e. The van der Waals surface area contributed by atoms with E-state index in [1.165, 1.54) is 11.8 Å². The van der Waals surface area contributed by atoms with Crippen LogP contribution in [-0.4, -0.2) is 40.2 Å². The van der Waals surface area contributed by atoms with Gasteiger partial charge in [0.25, 0.3) is 0 Å². The number of carbonyl (C=O) groups is 2. The highest BCUT2D eigenvalue weighted by atomic mass is 32.2. The van der Waals surface area contributed by atoms with Crippen molar-refractivity contribution in [3.8, 4) is 0 Å². The number of aliphatic imine (C=N–C) groups is 1. The highest BCUT2D eigenvalue weighted by molar-refractivity contribution is 8.15. The lowest BCUT2D eigenvalue weighted by Gasteiger charge is -2.19. The number of amidine groups is 1. The van der Waals surface area contributed by atoms with Crippen LogP contribution in [0.3, 0.4) is 0 Å². The van der Waals surface area contributed by atoms with Crippen LogP contribution in [0.15, 0.2) is 23.2 Å². The zero-order valence-electron chi connectivity index (χ0n) is 12.8. The van der Waals surface area contributed by atoms with Gasteiger partial charge in [-0.05, 0) is 31.9 Å². The Bertz CT molecular complexity index is 657. The minimum absolute atomic E-state index is 0.0132. The molecule has 2 amide bonds. The summed E-state index contributed by atoms with van der Waals surface area (Å²) in [4.78, 5) is 30.6. The minimum atomic E-state index is -0.345. The molecule has 2 aliphatic heterocycles. The molecular formula is C16H19N3O2S. The summed E-state index contributed by atoms with van der Waals surface area (Å²) >= 11 is 1.41. The molecule has 2 aliphatic rings. The molecule has 1 unspecified atom stereocenters. The van der Waals surface area contributed by atoms with Gasteiger partial charge < -0.3 is 5.32 Å². The fourth-order valence-electron chi connectivity index (χ4n) is 2.69. The van der Waals surface area contributed by atoms with Gasteiger partial charge in [-0.25, -0.2) is 0 Å². The van der Waals surface area contributed by atoms with E-state index in [-0.39, 0.29) is 23.5 Å². The maximum absolute atomic E-state index is 12.3. The number of amides is 2. The average molecular weight is 317 g/mol. The van der Waals surface area contributed by atoms with Crippen LogP contribution in [-0.2, 0) is 9.59 Å². The third-order valence-electron chi connectivity index (χ3n) is 3.83. The maximum atomic E-state index is 12.3. The predicted octanol–water partition coefficient (Wildman–Crippen LogP) is 2.34. The van der Waals surface area contributed by atoms with E-state index in [9.17, 15) is 9.59 Å². The maximum Gasteiger partial charge on any atom is 0.242 e. The molecule has 0 aromatic heterocycles. The van der Waals surface area contributed by atoms with E-state index >= 15 is 0 Å². The molecular weight excluding hydrogens is 298 g/mol. The molecule has 1 aromatic carbocycles. The second-order valence-electron chi connectivity index (χ2n) is 5.68. The topological polar surface area (TPSA) is 61.8 Å². The van der Waals surface area contributed by atoms with Gasteiger partial charge in [-0.1, -0.05) is 29.5 Å². The number of nitrogens with one attached hydrogen (secondary N) is 1. The molecule has 1 N–H and O–H groups in total. The van der Waals surface area contributed by atoms with Crippen molar-refractivity contribution in [2.24, 2.45) is 4.99 Å². The Kier molecular flexibility index (Phi) is 4.20. The third kappa shape index (κ3) is 3.02. The number of hydrogen-bond acceptors (Lipinski definition) is 4. The van der Waals surface area contributed by atoms with E-state index < -0.39 is 0 Å². The summed E-state index contributed by atoms with van der Waals surface area (Å²) in [5, 5.41) is 3.34. The second kappa shape index (κ2) is 6.12. The fourth-order valence-corrected chi connectivity index (χ4v) is 3.89. The molecule has 3 rings (SSSR count). The molecule has 0 aliphatic carbocycles. The SMILES string of the molecule is Cc1ccc(NC(=O)CC2SC3=NCCCN3C2=O)c(C)c1. The second-order valence-corrected chi connectivity index (χ2v) is 6.85. The van der Waals surface area contributed by atoms with Crippen LogP contribution in [0.25, 0.3) is 0 Å². The molecule has 1 aromatic rings. The van der Waals surface area contributed by atoms with Gasteiger partial charge in [0.1, 0.15) is 5.25 Å². The van der Waals surface area contributed by atoms with Crippen molar-refractivity contribution in [3.63, 3.8) is 0 Å². The monoisotopic (exact) mass is 317 g/mol. The van der Waals surface area contributed by atoms with E-state index in [0.29, 0.717) is 0 Å². The molecule has 22 heavy (non-hydrogen) atoms. The molecule has 1 atom stereocenters. The van der Waals surface area contributed by atoms with Gasteiger partial charge in [-0.15, -0.1) is 0 Å². The molecule has 1 fully saturated rings. The van der Waals surface area contributed by atoms with Crippen LogP contribution in [0.1, 0.15) is 24.0 Å². The molecule has 0 spiro atoms. The van der Waals surface area contributed by atoms with Gasteiger partial charge in [0.2, 0.25) is 11.8 Å². The summed E-state index contributed by atoms with van der Waals surface area (Å²) in [6.07, 6.45) is 1.09. The first-order chi connectivity index (χ1) is 10.5. The first-order valence-electron chi connectivity index (χ1n) is 7.44. The molecule has 2 heterocycles. The van der Waals surface area contributed by atoms with Gasteiger partial charge in [0.05, 0.1) is 0 Å². The number of nitrogens with zero attached hydrogens (tertiary/aromatic N) is 2. The number of aryl methyl sites for hydroxylation is 2. The van der Waals surface area contributed by atoms with Gasteiger partial charge in [-0.3, -0.25) is 19.5 Å². The minimum Gasteiger partial charge on any atom is -0.326 e. The van der Waals surface area contributed by atoms with Crippen LogP contribution in [0.5, 0.6) is 0 Å². The van der Waals surface area contributed by atoms with Crippen LogP contribution in [0.4, 0.5) is 5.69 Å². The summed E-state index contributed by atoms with van der Waals surface area (Å²) in [5.74, 6) is -0.113. The Labute approximate surface area is 134 Å². The highest BCUT2D eigenvalue weighted by Gasteiger charge is 2.39. The quantitative estimate of drug-likeness (QED) is 0.931. The first-order valence-corrected chi connectivity index (χ1v) is 8.32. The summed E-state index contributed by atoms with van der Waals surface area (Å²) in [5.41, 5.74) is 2.99. The van der Waals surface area contributed by atoms with Crippen LogP contribution < -0.4 is 5.32 Å². The number of rotatable bonds is 3. The van der Waals surface area contributed by atoms with Crippen molar-refractivity contribution in [1.82, 2.24) is 4.90 Å². The van der Waals surface area contributed by atoms with Gasteiger partial charge in [-0.2, -0.15) is 0 Å². The lowest BCUT2D eigenvalue weighted by atomic mass is 10.1. The van der Waals surface area contributed by atoms with Crippen LogP contribution in [0, 0.1) is 13.8 Å². The Morgan fingerprint density at radius 1 is 1.45 bits per heavy atom. The predicted molar refractivity (Wildman–Crippen MR) is 89.2 cm³/mol. The number of carbonyl (C=O) groups excluding carboxylic acids is 2. The molecule has 5 nitrogen and oxygen atoms in total. The van der Waals surface area contributed by atoms with E-state index in [2.05, 4.69) is 10.3 Å². The van der Waals surface area contributed by atoms with Crippen molar-refractivity contribution in [3.05, 3.63) is 29.3 Å². The average Bonchev–Trinajstić information content (AvgIpc) is 2.79. The molecule has 6 heteroatoms. The fraction of sp³-hybridized carbons (Fsp3) is 0.438. The van der Waals surface area contributed by atoms with Gasteiger partial charge in [0.15, 0.2) is 5.17 Å². The standard InChI is InChI=1S/C16H19N3O2S/c1-10-4-5-12(11(2)8-10)18-14(20)9-13-15(21)19-7-3-6-17-16(19)22-13/h4-5,8,13H,3,6-7,9H2,1-2H3,(H,18,20). The van der Waals surface area contributed by atoms with Crippen molar-refractivity contribution < 1.29 is 9.59 Å². The third-order valence-corrected chi connectivity index (χ3v) is 5.05. The molecule has 116 valence electrons. The smallest absolute Gasteiger partial charge is 0.242 e. The Morgan fingerprint density at radius 3 is 3.00 bits per heavy atom. The van der Waals surface area contributed by atoms with E-state index in [1.807, 2.05) is 32.0 Å². The molecule has 0 radical (unpaired) electrons. The highest BCUT2D eigenvalue weighted by Crippen LogP contribution is 2.31. The zero-order valence-corrected chi connectivity index (χ0v) is 13.6. The van der Waals surface area contributed by atoms with E-state index in [1.54, 1.807) is 4.90 Å². The molecule has 0 bridgehead atoms. The summed E-state index contributed by atoms with van der Waals surface area (Å²) in [6.45, 7) is 5.48. The number of benzene rings is 1. The Hall–Kier alpha value is -1.82. The van der Waals surface area contributed by atoms with Crippen LogP contribution >= 0.6 is 11.8 Å².